The molecule has 0 aromatic heterocycles. The van der Waals surface area contributed by atoms with Crippen LogP contribution in [0.3, 0.4) is 0 Å². The predicted octanol–water partition coefficient (Wildman–Crippen LogP) is 4.42. The molecule has 0 unspecified atom stereocenters. The van der Waals surface area contributed by atoms with Crippen LogP contribution in [-0.2, 0) is 4.79 Å². The molecule has 2 aromatic rings. The predicted molar refractivity (Wildman–Crippen MR) is 106 cm³/mol. The van der Waals surface area contributed by atoms with Gasteiger partial charge in [0.15, 0.2) is 0 Å². The highest BCUT2D eigenvalue weighted by molar-refractivity contribution is 5.93. The summed E-state index contributed by atoms with van der Waals surface area (Å²) in [6.45, 7) is 4.92. The maximum absolute atomic E-state index is 12.7. The van der Waals surface area contributed by atoms with E-state index in [1.165, 1.54) is 5.56 Å². The number of methoxy groups -OCH3 is 1. The van der Waals surface area contributed by atoms with Crippen molar-refractivity contribution in [1.82, 2.24) is 0 Å². The Hall–Kier alpha value is -3.00. The van der Waals surface area contributed by atoms with E-state index < -0.39 is 0 Å². The van der Waals surface area contributed by atoms with Crippen LogP contribution in [0.1, 0.15) is 30.4 Å². The first-order valence-corrected chi connectivity index (χ1v) is 9.06. The molecule has 27 heavy (non-hydrogen) atoms. The number of rotatable bonds is 9. The Morgan fingerprint density at radius 3 is 2.41 bits per heavy atom. The Kier molecular flexibility index (Phi) is 7.69. The Balaban J connectivity index is 1.90. The van der Waals surface area contributed by atoms with E-state index in [-0.39, 0.29) is 5.91 Å². The number of anilines is 1. The summed E-state index contributed by atoms with van der Waals surface area (Å²) in [5.74, 6) is 1.53. The molecule has 5 nitrogen and oxygen atoms in total. The lowest BCUT2D eigenvalue weighted by molar-refractivity contribution is -0.118. The highest BCUT2D eigenvalue weighted by Crippen LogP contribution is 2.21. The molecular formula is C22H26N2O3. The maximum atomic E-state index is 12.7. The molecular weight excluding hydrogens is 340 g/mol. The summed E-state index contributed by atoms with van der Waals surface area (Å²) in [5.41, 5.74) is 3.15. The fraction of sp³-hybridized carbons (Fsp3) is 0.364. The van der Waals surface area contributed by atoms with Gasteiger partial charge in [0.05, 0.1) is 26.2 Å². The standard InChI is InChI=1S/C22H26N2O3/c1-17-7-8-19(16-18(17)2)24(14-5-13-23)22(25)6-4-15-27-21-11-9-20(26-3)10-12-21/h7-12,16H,4-6,14-15H2,1-3H3. The Labute approximate surface area is 161 Å². The van der Waals surface area contributed by atoms with Gasteiger partial charge >= 0.3 is 0 Å². The van der Waals surface area contributed by atoms with E-state index in [0.29, 0.717) is 32.4 Å². The summed E-state index contributed by atoms with van der Waals surface area (Å²) >= 11 is 0. The van der Waals surface area contributed by atoms with Crippen LogP contribution in [0.15, 0.2) is 42.5 Å². The number of carbonyl (C=O) groups is 1. The number of hydrogen-bond acceptors (Lipinski definition) is 4. The molecule has 0 N–H and O–H groups in total. The summed E-state index contributed by atoms with van der Waals surface area (Å²) in [6, 6.07) is 15.4. The van der Waals surface area contributed by atoms with E-state index in [1.807, 2.05) is 56.3 Å². The van der Waals surface area contributed by atoms with Crippen LogP contribution in [0.25, 0.3) is 0 Å². The first-order chi connectivity index (χ1) is 13.0. The third kappa shape index (κ3) is 6.03. The van der Waals surface area contributed by atoms with Gasteiger partial charge < -0.3 is 14.4 Å². The van der Waals surface area contributed by atoms with Gasteiger partial charge in [-0.05, 0) is 67.8 Å². The number of aryl methyl sites for hydroxylation is 2. The molecule has 0 heterocycles. The second-order valence-corrected chi connectivity index (χ2v) is 6.35. The quantitative estimate of drug-likeness (QED) is 0.616. The Bertz CT molecular complexity index is 794. The summed E-state index contributed by atoms with van der Waals surface area (Å²) in [4.78, 5) is 14.4. The SMILES string of the molecule is COc1ccc(OCCCC(=O)N(CCC#N)c2ccc(C)c(C)c2)cc1. The first kappa shape index (κ1) is 20.3. The van der Waals surface area contributed by atoms with Crippen LogP contribution in [0.5, 0.6) is 11.5 Å². The van der Waals surface area contributed by atoms with Crippen LogP contribution in [0.4, 0.5) is 5.69 Å². The lowest BCUT2D eigenvalue weighted by Crippen LogP contribution is -2.32. The van der Waals surface area contributed by atoms with Gasteiger partial charge in [-0.15, -0.1) is 0 Å². The normalized spacial score (nSPS) is 10.1. The van der Waals surface area contributed by atoms with E-state index in [0.717, 1.165) is 22.7 Å². The highest BCUT2D eigenvalue weighted by Gasteiger charge is 2.15. The zero-order chi connectivity index (χ0) is 19.6. The monoisotopic (exact) mass is 366 g/mol. The molecule has 0 saturated heterocycles. The molecule has 142 valence electrons. The van der Waals surface area contributed by atoms with Crippen LogP contribution in [-0.4, -0.2) is 26.2 Å². The summed E-state index contributed by atoms with van der Waals surface area (Å²) in [7, 11) is 1.62. The number of benzene rings is 2. The average Bonchev–Trinajstić information content (AvgIpc) is 2.68. The van der Waals surface area contributed by atoms with Crippen LogP contribution in [0.2, 0.25) is 0 Å². The lowest BCUT2D eigenvalue weighted by atomic mass is 10.1. The first-order valence-electron chi connectivity index (χ1n) is 9.06. The van der Waals surface area contributed by atoms with Crippen molar-refractivity contribution < 1.29 is 14.3 Å². The minimum atomic E-state index is 0.00633. The Morgan fingerprint density at radius 1 is 1.07 bits per heavy atom. The minimum Gasteiger partial charge on any atom is -0.497 e. The van der Waals surface area contributed by atoms with Crippen LogP contribution in [0, 0.1) is 25.2 Å². The second-order valence-electron chi connectivity index (χ2n) is 6.35. The van der Waals surface area contributed by atoms with Gasteiger partial charge in [0.1, 0.15) is 11.5 Å². The molecule has 0 fully saturated rings. The zero-order valence-electron chi connectivity index (χ0n) is 16.2. The number of hydrogen-bond donors (Lipinski definition) is 0. The van der Waals surface area contributed by atoms with E-state index in [1.54, 1.807) is 12.0 Å². The van der Waals surface area contributed by atoms with E-state index in [4.69, 9.17) is 14.7 Å². The van der Waals surface area contributed by atoms with Gasteiger partial charge in [0, 0.05) is 18.7 Å². The fourth-order valence-electron chi connectivity index (χ4n) is 2.67. The second kappa shape index (κ2) is 10.2. The van der Waals surface area contributed by atoms with Gasteiger partial charge in [0.25, 0.3) is 0 Å². The molecule has 0 atom stereocenters. The molecule has 0 aliphatic heterocycles. The molecule has 0 radical (unpaired) electrons. The molecule has 0 bridgehead atoms. The van der Waals surface area contributed by atoms with E-state index in [2.05, 4.69) is 6.07 Å². The number of amides is 1. The van der Waals surface area contributed by atoms with Gasteiger partial charge in [-0.1, -0.05) is 6.07 Å². The van der Waals surface area contributed by atoms with Crippen molar-refractivity contribution in [1.29, 1.82) is 5.26 Å². The minimum absolute atomic E-state index is 0.00633. The lowest BCUT2D eigenvalue weighted by Gasteiger charge is -2.23. The molecule has 0 saturated carbocycles. The van der Waals surface area contributed by atoms with Crippen molar-refractivity contribution in [2.45, 2.75) is 33.1 Å². The molecule has 0 spiro atoms. The molecule has 2 rings (SSSR count). The number of carbonyl (C=O) groups excluding carboxylic acids is 1. The summed E-state index contributed by atoms with van der Waals surface area (Å²) < 4.78 is 10.8. The highest BCUT2D eigenvalue weighted by atomic mass is 16.5. The maximum Gasteiger partial charge on any atom is 0.227 e. The fourth-order valence-corrected chi connectivity index (χ4v) is 2.67. The topological polar surface area (TPSA) is 62.6 Å². The summed E-state index contributed by atoms with van der Waals surface area (Å²) in [5, 5.41) is 8.90. The van der Waals surface area contributed by atoms with Crippen LogP contribution >= 0.6 is 0 Å². The number of ether oxygens (including phenoxy) is 2. The number of nitrogens with zero attached hydrogens (tertiary/aromatic N) is 2. The largest absolute Gasteiger partial charge is 0.497 e. The molecule has 2 aromatic carbocycles. The summed E-state index contributed by atoms with van der Waals surface area (Å²) in [6.07, 6.45) is 1.29. The van der Waals surface area contributed by atoms with Crippen molar-refractivity contribution in [2.75, 3.05) is 25.2 Å². The molecule has 5 heteroatoms. The van der Waals surface area contributed by atoms with Crippen molar-refractivity contribution in [2.24, 2.45) is 0 Å². The third-order valence-corrected chi connectivity index (χ3v) is 4.41. The van der Waals surface area contributed by atoms with Gasteiger partial charge in [0.2, 0.25) is 5.91 Å². The van der Waals surface area contributed by atoms with E-state index >= 15 is 0 Å². The number of nitriles is 1. The molecule has 1 amide bonds. The van der Waals surface area contributed by atoms with Crippen LogP contribution < -0.4 is 14.4 Å². The molecule has 0 aliphatic rings. The third-order valence-electron chi connectivity index (χ3n) is 4.41. The van der Waals surface area contributed by atoms with Crippen molar-refractivity contribution in [3.63, 3.8) is 0 Å². The average molecular weight is 366 g/mol. The van der Waals surface area contributed by atoms with Crippen molar-refractivity contribution >= 4 is 11.6 Å². The Morgan fingerprint density at radius 2 is 1.78 bits per heavy atom. The van der Waals surface area contributed by atoms with Gasteiger partial charge in [-0.2, -0.15) is 5.26 Å². The zero-order valence-corrected chi connectivity index (χ0v) is 16.2. The molecule has 0 aliphatic carbocycles. The smallest absolute Gasteiger partial charge is 0.227 e. The van der Waals surface area contributed by atoms with Crippen molar-refractivity contribution in [3.8, 4) is 17.6 Å². The van der Waals surface area contributed by atoms with E-state index in [9.17, 15) is 4.79 Å². The van der Waals surface area contributed by atoms with Gasteiger partial charge in [-0.3, -0.25) is 4.79 Å². The van der Waals surface area contributed by atoms with Crippen molar-refractivity contribution in [3.05, 3.63) is 53.6 Å². The van der Waals surface area contributed by atoms with Gasteiger partial charge in [-0.25, -0.2) is 0 Å².